The van der Waals surface area contributed by atoms with E-state index in [1.165, 1.54) is 0 Å². The normalized spacial score (nSPS) is 8.76. The fourth-order valence-corrected chi connectivity index (χ4v) is 4.75. The maximum atomic E-state index is 6.85. The molecule has 0 aliphatic rings. The van der Waals surface area contributed by atoms with Crippen LogP contribution >= 0.6 is 0 Å². The van der Waals surface area contributed by atoms with Crippen molar-refractivity contribution < 1.29 is 9.47 Å². The van der Waals surface area contributed by atoms with Crippen molar-refractivity contribution in [1.29, 1.82) is 0 Å². The van der Waals surface area contributed by atoms with Crippen molar-refractivity contribution in [2.75, 3.05) is 7.11 Å². The van der Waals surface area contributed by atoms with E-state index < -0.39 is 0 Å². The average Bonchev–Trinajstić information content (AvgIpc) is 3.49. The van der Waals surface area contributed by atoms with Gasteiger partial charge in [0.15, 0.2) is 0 Å². The lowest BCUT2D eigenvalue weighted by Gasteiger charge is -2.16. The minimum Gasteiger partial charge on any atom is -0.496 e. The molecule has 1 atom stereocenters. The summed E-state index contributed by atoms with van der Waals surface area (Å²) in [6, 6.07) is 20.0. The number of nitrogens with zero attached hydrogens (tertiary/aromatic N) is 1. The summed E-state index contributed by atoms with van der Waals surface area (Å²) in [5, 5.41) is 1.09. The Morgan fingerprint density at radius 1 is 0.647 bits per heavy atom. The zero-order valence-corrected chi connectivity index (χ0v) is 28.1. The summed E-state index contributed by atoms with van der Waals surface area (Å²) in [5.41, 5.74) is 13.1. The molecular weight excluding hydrogens is 625 g/mol. The molecule has 0 saturated carbocycles. The lowest BCUT2D eigenvalue weighted by Crippen LogP contribution is -2.13. The highest BCUT2D eigenvalue weighted by atomic mass is 16.5. The Kier molecular flexibility index (Phi) is 13.7. The molecule has 4 nitrogen and oxygen atoms in total. The van der Waals surface area contributed by atoms with Gasteiger partial charge in [0, 0.05) is 100 Å². The Bertz CT molecular complexity index is 2690. The highest BCUT2D eigenvalue weighted by Crippen LogP contribution is 2.34. The van der Waals surface area contributed by atoms with E-state index in [0.717, 1.165) is 44.5 Å². The molecule has 4 aromatic rings. The number of nitrogens with two attached hydrogens (primary N) is 1. The molecule has 0 bridgehead atoms. The van der Waals surface area contributed by atoms with Crippen LogP contribution in [0.25, 0.3) is 10.9 Å². The maximum Gasteiger partial charge on any atom is 0.140 e. The Morgan fingerprint density at radius 3 is 1.80 bits per heavy atom. The Morgan fingerprint density at radius 2 is 1.22 bits per heavy atom. The van der Waals surface area contributed by atoms with Gasteiger partial charge in [-0.05, 0) is 108 Å². The van der Waals surface area contributed by atoms with Crippen molar-refractivity contribution in [3.05, 3.63) is 94.7 Å². The molecular formula is C47H26N2O2. The smallest absolute Gasteiger partial charge is 0.140 e. The number of aromatic nitrogens is 1. The number of terminal acetylenes is 1. The Hall–Kier alpha value is -8.08. The number of rotatable bonds is 6. The third-order valence-corrected chi connectivity index (χ3v) is 6.76. The molecule has 51 heavy (non-hydrogen) atoms. The van der Waals surface area contributed by atoms with E-state index in [-0.39, 0.29) is 6.04 Å². The molecule has 0 amide bonds. The minimum absolute atomic E-state index is 0.359. The summed E-state index contributed by atoms with van der Waals surface area (Å²) < 4.78 is 13.5. The molecule has 2 N–H and O–H groups in total. The zero-order valence-electron chi connectivity index (χ0n) is 28.1. The van der Waals surface area contributed by atoms with Gasteiger partial charge in [-0.1, -0.05) is 36.4 Å². The summed E-state index contributed by atoms with van der Waals surface area (Å²) >= 11 is 0. The second kappa shape index (κ2) is 19.6. The Labute approximate surface area is 300 Å². The van der Waals surface area contributed by atoms with Gasteiger partial charge < -0.3 is 19.8 Å². The first kappa shape index (κ1) is 35.8. The van der Waals surface area contributed by atoms with Gasteiger partial charge in [-0.3, -0.25) is 0 Å². The van der Waals surface area contributed by atoms with Gasteiger partial charge in [-0.25, -0.2) is 0 Å². The van der Waals surface area contributed by atoms with Gasteiger partial charge in [0.05, 0.1) is 13.2 Å². The van der Waals surface area contributed by atoms with E-state index in [0.29, 0.717) is 12.3 Å². The summed E-state index contributed by atoms with van der Waals surface area (Å²) in [6.45, 7) is 4.66. The van der Waals surface area contributed by atoms with Gasteiger partial charge in [-0.2, -0.15) is 0 Å². The van der Waals surface area contributed by atoms with Crippen molar-refractivity contribution in [2.24, 2.45) is 5.73 Å². The number of para-hydroxylation sites is 1. The number of aryl methyl sites for hydroxylation is 2. The lowest BCUT2D eigenvalue weighted by atomic mass is 9.97. The van der Waals surface area contributed by atoms with Crippen LogP contribution in [0.5, 0.6) is 11.5 Å². The van der Waals surface area contributed by atoms with Crippen LogP contribution in [-0.4, -0.2) is 11.7 Å². The highest BCUT2D eigenvalue weighted by molar-refractivity contribution is 5.85. The van der Waals surface area contributed by atoms with E-state index >= 15 is 0 Å². The molecule has 1 unspecified atom stereocenters. The minimum atomic E-state index is -0.359. The number of fused-ring (bicyclic) bond motifs is 1. The van der Waals surface area contributed by atoms with Crippen molar-refractivity contribution >= 4 is 10.9 Å². The molecule has 0 radical (unpaired) electrons. The fraction of sp³-hybridized carbons (Fsp3) is 0.106. The molecule has 4 rings (SSSR count). The number of ether oxygens (including phenoxy) is 2. The number of methoxy groups -OCH3 is 1. The maximum absolute atomic E-state index is 6.85. The van der Waals surface area contributed by atoms with E-state index in [9.17, 15) is 0 Å². The van der Waals surface area contributed by atoms with Crippen LogP contribution in [0.1, 0.15) is 33.9 Å². The average molecular weight is 651 g/mol. The van der Waals surface area contributed by atoms with Gasteiger partial charge in [-0.15, -0.1) is 6.42 Å². The number of hydrogen-bond donors (Lipinski definition) is 1. The van der Waals surface area contributed by atoms with Crippen molar-refractivity contribution in [2.45, 2.75) is 26.4 Å². The predicted octanol–water partition coefficient (Wildman–Crippen LogP) is 5.37. The van der Waals surface area contributed by atoms with Gasteiger partial charge in [0.1, 0.15) is 17.6 Å². The third kappa shape index (κ3) is 11.3. The van der Waals surface area contributed by atoms with E-state index in [1.54, 1.807) is 7.11 Å². The molecule has 0 fully saturated rings. The predicted molar refractivity (Wildman–Crippen MR) is 203 cm³/mol. The highest BCUT2D eigenvalue weighted by Gasteiger charge is 2.19. The first-order valence-electron chi connectivity index (χ1n) is 15.2. The van der Waals surface area contributed by atoms with Crippen LogP contribution in [-0.2, 0) is 6.54 Å². The zero-order chi connectivity index (χ0) is 36.1. The summed E-state index contributed by atoms with van der Waals surface area (Å²) in [7, 11) is 1.67. The van der Waals surface area contributed by atoms with Crippen molar-refractivity contribution in [1.82, 2.24) is 4.57 Å². The molecule has 4 heteroatoms. The van der Waals surface area contributed by atoms with Crippen LogP contribution in [0.15, 0.2) is 66.9 Å². The van der Waals surface area contributed by atoms with Crippen molar-refractivity contribution in [3.8, 4) is 142 Å². The van der Waals surface area contributed by atoms with E-state index in [4.69, 9.17) is 21.6 Å². The van der Waals surface area contributed by atoms with E-state index in [2.05, 4.69) is 160 Å². The van der Waals surface area contributed by atoms with Crippen LogP contribution in [0.3, 0.4) is 0 Å². The number of benzene rings is 3. The van der Waals surface area contributed by atoms with Crippen LogP contribution in [0, 0.1) is 145 Å². The summed E-state index contributed by atoms with van der Waals surface area (Å²) in [5.74, 6) is 51.6. The standard InChI is InChI=1S/C47H26N2O2/c1-5-6-7-8-9-10-11-12-13-14-15-16-17-18-19-20-21-22-23-26-31-51-41-33-39(3)32-40(35-41)36-49-37-44(42-27-24-25-28-45(42)49)47(48)43-30-29-38(2)34-46(43)50-4/h1,24-25,27-30,32-35,37,47H,36,48H2,2-4H3. The molecule has 0 aliphatic heterocycles. The number of hydrogen-bond acceptors (Lipinski definition) is 3. The molecule has 0 aliphatic carbocycles. The first-order valence-corrected chi connectivity index (χ1v) is 15.2. The largest absolute Gasteiger partial charge is 0.496 e. The quantitative estimate of drug-likeness (QED) is 0.286. The topological polar surface area (TPSA) is 49.4 Å². The fourth-order valence-electron chi connectivity index (χ4n) is 4.75. The second-order valence-electron chi connectivity index (χ2n) is 10.3. The SMILES string of the molecule is C#CC#CC#CC#CC#CC#CC#CC#CC#CC#CC#COc1cc(C)cc(Cn2cc(C(N)c3ccc(C)cc3OC)c3ccccc32)c1. The molecule has 1 heterocycles. The molecule has 3 aromatic carbocycles. The summed E-state index contributed by atoms with van der Waals surface area (Å²) in [4.78, 5) is 0. The second-order valence-corrected chi connectivity index (χ2v) is 10.3. The van der Waals surface area contributed by atoms with Crippen LogP contribution in [0.4, 0.5) is 0 Å². The van der Waals surface area contributed by atoms with Crippen molar-refractivity contribution in [3.63, 3.8) is 0 Å². The first-order chi connectivity index (χ1) is 25.0. The monoisotopic (exact) mass is 650 g/mol. The third-order valence-electron chi connectivity index (χ3n) is 6.76. The lowest BCUT2D eigenvalue weighted by molar-refractivity contribution is 0.407. The van der Waals surface area contributed by atoms with Crippen LogP contribution in [0.2, 0.25) is 0 Å². The Balaban J connectivity index is 1.37. The van der Waals surface area contributed by atoms with Gasteiger partial charge >= 0.3 is 0 Å². The molecule has 0 spiro atoms. The van der Waals surface area contributed by atoms with Gasteiger partial charge in [0.25, 0.3) is 0 Å². The molecule has 1 aromatic heterocycles. The molecule has 236 valence electrons. The van der Waals surface area contributed by atoms with Crippen LogP contribution < -0.4 is 15.2 Å². The molecule has 0 saturated heterocycles. The van der Waals surface area contributed by atoms with Gasteiger partial charge in [0.2, 0.25) is 0 Å². The summed E-state index contributed by atoms with van der Waals surface area (Å²) in [6.07, 6.45) is 9.71. The van der Waals surface area contributed by atoms with E-state index in [1.807, 2.05) is 50.2 Å².